The fourth-order valence-electron chi connectivity index (χ4n) is 4.33. The van der Waals surface area contributed by atoms with Crippen molar-refractivity contribution < 1.29 is 19.1 Å². The normalized spacial score (nSPS) is 12.1. The Balaban J connectivity index is 1.76. The Morgan fingerprint density at radius 3 is 2.28 bits per heavy atom. The van der Waals surface area contributed by atoms with Crippen LogP contribution in [0, 0.1) is 0 Å². The highest BCUT2D eigenvalue weighted by Crippen LogP contribution is 2.28. The Hall–Kier alpha value is -4.40. The van der Waals surface area contributed by atoms with Crippen molar-refractivity contribution >= 4 is 22.8 Å². The molecule has 0 aliphatic carbocycles. The van der Waals surface area contributed by atoms with Gasteiger partial charge in [-0.2, -0.15) is 0 Å². The molecule has 1 atom stereocenters. The molecular formula is C30H35N5O4. The first kappa shape index (κ1) is 27.6. The zero-order chi connectivity index (χ0) is 28.0. The minimum absolute atomic E-state index is 0.0764. The van der Waals surface area contributed by atoms with Crippen LogP contribution < -0.4 is 14.8 Å². The molecule has 0 aliphatic rings. The van der Waals surface area contributed by atoms with Crippen LogP contribution in [0.1, 0.15) is 44.9 Å². The number of hydrogen-bond acceptors (Lipinski definition) is 6. The van der Waals surface area contributed by atoms with Gasteiger partial charge in [-0.05, 0) is 75.2 Å². The number of rotatable bonds is 10. The second-order valence-electron chi connectivity index (χ2n) is 10.2. The Labute approximate surface area is 228 Å². The van der Waals surface area contributed by atoms with Crippen LogP contribution in [0.5, 0.6) is 11.5 Å². The van der Waals surface area contributed by atoms with E-state index in [1.807, 2.05) is 100 Å². The van der Waals surface area contributed by atoms with Crippen LogP contribution in [0.25, 0.3) is 11.0 Å². The number of aromatic nitrogens is 3. The first-order valence-electron chi connectivity index (χ1n) is 12.9. The highest BCUT2D eigenvalue weighted by molar-refractivity contribution is 5.89. The van der Waals surface area contributed by atoms with Crippen LogP contribution >= 0.6 is 0 Å². The molecule has 0 fully saturated rings. The first-order chi connectivity index (χ1) is 18.7. The van der Waals surface area contributed by atoms with Crippen molar-refractivity contribution in [2.24, 2.45) is 0 Å². The largest absolute Gasteiger partial charge is 0.497 e. The van der Waals surface area contributed by atoms with Crippen LogP contribution in [0.4, 0.5) is 0 Å². The Kier molecular flexibility index (Phi) is 8.49. The summed E-state index contributed by atoms with van der Waals surface area (Å²) in [5.74, 6) is 0.846. The van der Waals surface area contributed by atoms with Crippen LogP contribution in [0.3, 0.4) is 0 Å². The monoisotopic (exact) mass is 529 g/mol. The molecule has 1 N–H and O–H groups in total. The molecular weight excluding hydrogens is 494 g/mol. The molecule has 1 unspecified atom stereocenters. The summed E-state index contributed by atoms with van der Waals surface area (Å²) < 4.78 is 12.5. The molecule has 0 bridgehead atoms. The average Bonchev–Trinajstić information content (AvgIpc) is 3.31. The average molecular weight is 530 g/mol. The number of carbonyl (C=O) groups excluding carboxylic acids is 2. The molecule has 204 valence electrons. The number of nitrogens with one attached hydrogen (secondary N) is 1. The van der Waals surface area contributed by atoms with Crippen molar-refractivity contribution in [3.05, 3.63) is 83.9 Å². The molecule has 9 heteroatoms. The van der Waals surface area contributed by atoms with E-state index in [1.54, 1.807) is 16.7 Å². The summed E-state index contributed by atoms with van der Waals surface area (Å²) in [6.07, 6.45) is 0. The van der Waals surface area contributed by atoms with Gasteiger partial charge in [0.2, 0.25) is 11.8 Å². The number of benzene rings is 3. The van der Waals surface area contributed by atoms with E-state index >= 15 is 0 Å². The van der Waals surface area contributed by atoms with E-state index in [4.69, 9.17) is 9.47 Å². The van der Waals surface area contributed by atoms with E-state index in [1.165, 1.54) is 0 Å². The highest BCUT2D eigenvalue weighted by atomic mass is 16.5. The van der Waals surface area contributed by atoms with Gasteiger partial charge in [0, 0.05) is 12.1 Å². The number of fused-ring (bicyclic) bond motifs is 1. The molecule has 0 saturated carbocycles. The van der Waals surface area contributed by atoms with Gasteiger partial charge in [0.1, 0.15) is 29.6 Å². The number of hydrogen-bond donors (Lipinski definition) is 1. The molecule has 1 aromatic heterocycles. The second-order valence-corrected chi connectivity index (χ2v) is 10.2. The number of nitrogens with zero attached hydrogens (tertiary/aromatic N) is 4. The van der Waals surface area contributed by atoms with Gasteiger partial charge in [0.25, 0.3) is 0 Å². The first-order valence-corrected chi connectivity index (χ1v) is 12.9. The lowest BCUT2D eigenvalue weighted by Gasteiger charge is -2.34. The highest BCUT2D eigenvalue weighted by Gasteiger charge is 2.34. The molecule has 0 radical (unpaired) electrons. The lowest BCUT2D eigenvalue weighted by Crippen LogP contribution is -2.49. The SMILES string of the molecule is CCOc1ccc(C(C(=O)NC(C)(C)C)N(Cc2ccc(OC)cc2)C(=O)Cn2nnc3ccccc32)cc1. The van der Waals surface area contributed by atoms with E-state index in [0.717, 1.165) is 11.1 Å². The molecule has 0 saturated heterocycles. The van der Waals surface area contributed by atoms with Crippen LogP contribution in [-0.2, 0) is 22.7 Å². The number of para-hydroxylation sites is 1. The molecule has 3 aromatic carbocycles. The van der Waals surface area contributed by atoms with E-state index in [0.29, 0.717) is 29.2 Å². The molecule has 39 heavy (non-hydrogen) atoms. The lowest BCUT2D eigenvalue weighted by molar-refractivity contribution is -0.142. The summed E-state index contributed by atoms with van der Waals surface area (Å²) in [6.45, 7) is 8.31. The number of carbonyl (C=O) groups is 2. The van der Waals surface area contributed by atoms with Gasteiger partial charge in [0.15, 0.2) is 0 Å². The molecule has 1 heterocycles. The van der Waals surface area contributed by atoms with Gasteiger partial charge in [-0.25, -0.2) is 4.68 Å². The minimum Gasteiger partial charge on any atom is -0.497 e. The van der Waals surface area contributed by atoms with E-state index in [2.05, 4.69) is 15.6 Å². The predicted octanol–water partition coefficient (Wildman–Crippen LogP) is 4.52. The summed E-state index contributed by atoms with van der Waals surface area (Å²) in [5.41, 5.74) is 2.46. The second kappa shape index (κ2) is 12.0. The fourth-order valence-corrected chi connectivity index (χ4v) is 4.33. The third kappa shape index (κ3) is 6.93. The molecule has 0 aliphatic heterocycles. The summed E-state index contributed by atoms with van der Waals surface area (Å²) in [5, 5.41) is 11.5. The van der Waals surface area contributed by atoms with Crippen molar-refractivity contribution in [3.63, 3.8) is 0 Å². The number of amides is 2. The van der Waals surface area contributed by atoms with E-state index < -0.39 is 11.6 Å². The third-order valence-corrected chi connectivity index (χ3v) is 6.10. The van der Waals surface area contributed by atoms with Gasteiger partial charge in [-0.3, -0.25) is 9.59 Å². The zero-order valence-corrected chi connectivity index (χ0v) is 23.0. The van der Waals surface area contributed by atoms with Crippen LogP contribution in [-0.4, -0.2) is 51.0 Å². The Morgan fingerprint density at radius 1 is 0.974 bits per heavy atom. The summed E-state index contributed by atoms with van der Waals surface area (Å²) in [7, 11) is 1.60. The minimum atomic E-state index is -0.899. The van der Waals surface area contributed by atoms with Crippen LogP contribution in [0.2, 0.25) is 0 Å². The van der Waals surface area contributed by atoms with Crippen LogP contribution in [0.15, 0.2) is 72.8 Å². The Bertz CT molecular complexity index is 1410. The molecule has 4 aromatic rings. The maximum Gasteiger partial charge on any atom is 0.247 e. The van der Waals surface area contributed by atoms with Gasteiger partial charge in [0.05, 0.1) is 19.2 Å². The van der Waals surface area contributed by atoms with Gasteiger partial charge < -0.3 is 19.7 Å². The zero-order valence-electron chi connectivity index (χ0n) is 23.0. The van der Waals surface area contributed by atoms with Crippen molar-refractivity contribution in [1.29, 1.82) is 0 Å². The lowest BCUT2D eigenvalue weighted by atomic mass is 10.0. The van der Waals surface area contributed by atoms with Gasteiger partial charge >= 0.3 is 0 Å². The summed E-state index contributed by atoms with van der Waals surface area (Å²) in [4.78, 5) is 29.5. The standard InChI is InChI=1S/C30H35N5O4/c1-6-39-24-17-13-22(14-18-24)28(29(37)31-30(2,3)4)34(19-21-11-15-23(38-5)16-12-21)27(36)20-35-26-10-8-7-9-25(26)32-33-35/h7-18,28H,6,19-20H2,1-5H3,(H,31,37). The number of ether oxygens (including phenoxy) is 2. The topological polar surface area (TPSA) is 98.6 Å². The third-order valence-electron chi connectivity index (χ3n) is 6.10. The summed E-state index contributed by atoms with van der Waals surface area (Å²) in [6, 6.07) is 21.3. The molecule has 0 spiro atoms. The number of methoxy groups -OCH3 is 1. The summed E-state index contributed by atoms with van der Waals surface area (Å²) >= 11 is 0. The molecule has 2 amide bonds. The van der Waals surface area contributed by atoms with Crippen molar-refractivity contribution in [2.75, 3.05) is 13.7 Å². The molecule has 9 nitrogen and oxygen atoms in total. The molecule has 4 rings (SSSR count). The van der Waals surface area contributed by atoms with Crippen molar-refractivity contribution in [2.45, 2.75) is 52.4 Å². The van der Waals surface area contributed by atoms with E-state index in [9.17, 15) is 9.59 Å². The fraction of sp³-hybridized carbons (Fsp3) is 0.333. The van der Waals surface area contributed by atoms with E-state index in [-0.39, 0.29) is 24.9 Å². The maximum atomic E-state index is 14.0. The maximum absolute atomic E-state index is 14.0. The quantitative estimate of drug-likeness (QED) is 0.324. The Morgan fingerprint density at radius 2 is 1.64 bits per heavy atom. The predicted molar refractivity (Wildman–Crippen MR) is 149 cm³/mol. The van der Waals surface area contributed by atoms with Crippen molar-refractivity contribution in [1.82, 2.24) is 25.2 Å². The van der Waals surface area contributed by atoms with Gasteiger partial charge in [-0.15, -0.1) is 5.10 Å². The smallest absolute Gasteiger partial charge is 0.247 e. The van der Waals surface area contributed by atoms with Gasteiger partial charge in [-0.1, -0.05) is 41.6 Å². The van der Waals surface area contributed by atoms with Crippen molar-refractivity contribution in [3.8, 4) is 11.5 Å².